The van der Waals surface area contributed by atoms with Crippen LogP contribution in [0.15, 0.2) is 39.7 Å². The first-order valence-electron chi connectivity index (χ1n) is 7.93. The van der Waals surface area contributed by atoms with Crippen molar-refractivity contribution in [2.24, 2.45) is 0 Å². The Kier molecular flexibility index (Phi) is 6.03. The molecule has 26 heavy (non-hydrogen) atoms. The molecule has 2 N–H and O–H groups in total. The molecule has 2 heterocycles. The third kappa shape index (κ3) is 4.29. The Morgan fingerprint density at radius 1 is 1.46 bits per heavy atom. The fraction of sp³-hybridized carbons (Fsp3) is 0.222. The van der Waals surface area contributed by atoms with Crippen molar-refractivity contribution < 1.29 is 19.1 Å². The van der Waals surface area contributed by atoms with E-state index in [0.717, 1.165) is 6.42 Å². The molecule has 0 aliphatic carbocycles. The monoisotopic (exact) mass is 409 g/mol. The Bertz CT molecular complexity index is 878. The van der Waals surface area contributed by atoms with Crippen LogP contribution in [0.5, 0.6) is 0 Å². The largest absolute Gasteiger partial charge is 0.462 e. The van der Waals surface area contributed by atoms with E-state index in [0.29, 0.717) is 43.5 Å². The first-order chi connectivity index (χ1) is 12.5. The van der Waals surface area contributed by atoms with Gasteiger partial charge in [-0.15, -0.1) is 0 Å². The van der Waals surface area contributed by atoms with Crippen LogP contribution in [0.1, 0.15) is 29.5 Å². The minimum atomic E-state index is -0.823. The molecular weight excluding hydrogens is 394 g/mol. The maximum atomic E-state index is 12.1. The van der Waals surface area contributed by atoms with Crippen molar-refractivity contribution in [2.75, 3.05) is 6.61 Å². The number of aliphatic hydroxyl groups excluding tert-OH is 1. The molecule has 3 rings (SSSR count). The second-order valence-electron chi connectivity index (χ2n) is 5.52. The molecule has 1 saturated heterocycles. The Balaban J connectivity index is 1.84. The summed E-state index contributed by atoms with van der Waals surface area (Å²) >= 11 is 12.4. The molecule has 1 atom stereocenters. The van der Waals surface area contributed by atoms with Gasteiger partial charge in [-0.05, 0) is 42.8 Å². The fourth-order valence-corrected chi connectivity index (χ4v) is 3.64. The lowest BCUT2D eigenvalue weighted by Gasteiger charge is -2.06. The van der Waals surface area contributed by atoms with E-state index in [9.17, 15) is 9.90 Å². The van der Waals surface area contributed by atoms with Gasteiger partial charge < -0.3 is 19.6 Å². The number of nitrogens with one attached hydrogen (secondary N) is 1. The lowest BCUT2D eigenvalue weighted by atomic mass is 10.1. The average Bonchev–Trinajstić information content (AvgIpc) is 3.20. The predicted molar refractivity (Wildman–Crippen MR) is 107 cm³/mol. The summed E-state index contributed by atoms with van der Waals surface area (Å²) < 4.78 is 11.5. The number of hydrogen-bond acceptors (Lipinski definition) is 6. The topological polar surface area (TPSA) is 71.7 Å². The standard InChI is InChI=1S/C18H16ClNO4S2/c1-2-7-23-17(22)12-8-10(3-5-13(12)19)14-6-4-11(24-14)9-15-16(21)20-18(25)26-15/h3-6,8-9,16,21H,2,7H2,1H3,(H,20,25)/b15-9-. The molecule has 0 bridgehead atoms. The van der Waals surface area contributed by atoms with Gasteiger partial charge in [-0.3, -0.25) is 0 Å². The molecule has 1 aliphatic rings. The van der Waals surface area contributed by atoms with E-state index < -0.39 is 12.2 Å². The van der Waals surface area contributed by atoms with Crippen molar-refractivity contribution >= 4 is 51.9 Å². The Morgan fingerprint density at radius 2 is 2.27 bits per heavy atom. The molecular formula is C18H16ClNO4S2. The van der Waals surface area contributed by atoms with E-state index in [4.69, 9.17) is 33.0 Å². The molecule has 1 aromatic heterocycles. The van der Waals surface area contributed by atoms with Gasteiger partial charge in [0, 0.05) is 10.5 Å². The van der Waals surface area contributed by atoms with E-state index in [1.165, 1.54) is 11.8 Å². The van der Waals surface area contributed by atoms with Crippen LogP contribution >= 0.6 is 35.6 Å². The minimum absolute atomic E-state index is 0.297. The molecule has 0 saturated carbocycles. The summed E-state index contributed by atoms with van der Waals surface area (Å²) in [6.07, 6.45) is 1.63. The molecule has 5 nitrogen and oxygen atoms in total. The third-order valence-corrected chi connectivity index (χ3v) is 5.13. The van der Waals surface area contributed by atoms with Gasteiger partial charge in [0.25, 0.3) is 0 Å². The van der Waals surface area contributed by atoms with Gasteiger partial charge in [0.2, 0.25) is 0 Å². The van der Waals surface area contributed by atoms with Gasteiger partial charge in [-0.2, -0.15) is 0 Å². The molecule has 0 radical (unpaired) electrons. The quantitative estimate of drug-likeness (QED) is 0.558. The Hall–Kier alpha value is -1.80. The molecule has 1 unspecified atom stereocenters. The van der Waals surface area contributed by atoms with Gasteiger partial charge in [-0.25, -0.2) is 4.79 Å². The summed E-state index contributed by atoms with van der Waals surface area (Å²) in [4.78, 5) is 12.8. The number of ether oxygens (including phenoxy) is 1. The summed E-state index contributed by atoms with van der Waals surface area (Å²) in [7, 11) is 0. The molecule has 8 heteroatoms. The average molecular weight is 410 g/mol. The van der Waals surface area contributed by atoms with Gasteiger partial charge in [-0.1, -0.05) is 42.5 Å². The van der Waals surface area contributed by atoms with Gasteiger partial charge in [0.15, 0.2) is 6.23 Å². The van der Waals surface area contributed by atoms with E-state index in [1.54, 1.807) is 36.4 Å². The first-order valence-corrected chi connectivity index (χ1v) is 9.53. The normalized spacial score (nSPS) is 18.2. The number of thiocarbonyl (C=S) groups is 1. The summed E-state index contributed by atoms with van der Waals surface area (Å²) in [6, 6.07) is 8.62. The SMILES string of the molecule is CCCOC(=O)c1cc(-c2ccc(/C=C3\SC(=S)NC3O)o2)ccc1Cl. The molecule has 1 fully saturated rings. The molecule has 0 spiro atoms. The molecule has 1 aliphatic heterocycles. The van der Waals surface area contributed by atoms with Gasteiger partial charge in [0.05, 0.1) is 17.2 Å². The smallest absolute Gasteiger partial charge is 0.339 e. The molecule has 136 valence electrons. The third-order valence-electron chi connectivity index (χ3n) is 3.55. The highest BCUT2D eigenvalue weighted by atomic mass is 35.5. The predicted octanol–water partition coefficient (Wildman–Crippen LogP) is 4.45. The highest BCUT2D eigenvalue weighted by Crippen LogP contribution is 2.31. The fourth-order valence-electron chi connectivity index (χ4n) is 2.32. The van der Waals surface area contributed by atoms with E-state index in [1.807, 2.05) is 6.92 Å². The number of thioether (sulfide) groups is 1. The number of halogens is 1. The Labute approximate surface area is 165 Å². The van der Waals surface area contributed by atoms with Crippen LogP contribution in [0.25, 0.3) is 17.4 Å². The summed E-state index contributed by atoms with van der Waals surface area (Å²) in [6.45, 7) is 2.26. The van der Waals surface area contributed by atoms with Crippen LogP contribution < -0.4 is 5.32 Å². The van der Waals surface area contributed by atoms with E-state index in [-0.39, 0.29) is 0 Å². The number of carbonyl (C=O) groups excluding carboxylic acids is 1. The zero-order valence-electron chi connectivity index (χ0n) is 13.8. The van der Waals surface area contributed by atoms with Crippen molar-refractivity contribution in [1.82, 2.24) is 5.32 Å². The molecule has 1 aromatic carbocycles. The zero-order chi connectivity index (χ0) is 18.7. The zero-order valence-corrected chi connectivity index (χ0v) is 16.2. The van der Waals surface area contributed by atoms with Crippen LogP contribution in [0.4, 0.5) is 0 Å². The van der Waals surface area contributed by atoms with Crippen LogP contribution in [0.3, 0.4) is 0 Å². The summed E-state index contributed by atoms with van der Waals surface area (Å²) in [5.41, 5.74) is 1.00. The molecule has 2 aromatic rings. The molecule has 0 amide bonds. The summed E-state index contributed by atoms with van der Waals surface area (Å²) in [5, 5.41) is 12.9. The van der Waals surface area contributed by atoms with Crippen LogP contribution in [-0.2, 0) is 4.74 Å². The second-order valence-corrected chi connectivity index (χ2v) is 7.67. The van der Waals surface area contributed by atoms with E-state index in [2.05, 4.69) is 5.32 Å². The number of rotatable bonds is 5. The number of furan rings is 1. The Morgan fingerprint density at radius 3 is 2.96 bits per heavy atom. The highest BCUT2D eigenvalue weighted by molar-refractivity contribution is 8.26. The van der Waals surface area contributed by atoms with E-state index >= 15 is 0 Å². The number of aliphatic hydroxyl groups is 1. The number of benzene rings is 1. The van der Waals surface area contributed by atoms with Crippen molar-refractivity contribution in [3.63, 3.8) is 0 Å². The summed E-state index contributed by atoms with van der Waals surface area (Å²) in [5.74, 6) is 0.682. The lowest BCUT2D eigenvalue weighted by Crippen LogP contribution is -2.23. The minimum Gasteiger partial charge on any atom is -0.462 e. The maximum Gasteiger partial charge on any atom is 0.339 e. The van der Waals surface area contributed by atoms with Crippen molar-refractivity contribution in [1.29, 1.82) is 0 Å². The van der Waals surface area contributed by atoms with Crippen LogP contribution in [0, 0.1) is 0 Å². The first kappa shape index (κ1) is 19.0. The van der Waals surface area contributed by atoms with Gasteiger partial charge in [0.1, 0.15) is 15.8 Å². The second kappa shape index (κ2) is 8.26. The van der Waals surface area contributed by atoms with Gasteiger partial charge >= 0.3 is 5.97 Å². The van der Waals surface area contributed by atoms with Crippen molar-refractivity contribution in [2.45, 2.75) is 19.6 Å². The van der Waals surface area contributed by atoms with Crippen LogP contribution in [-0.4, -0.2) is 28.2 Å². The lowest BCUT2D eigenvalue weighted by molar-refractivity contribution is 0.0505. The number of hydrogen-bond donors (Lipinski definition) is 2. The number of esters is 1. The van der Waals surface area contributed by atoms with Crippen molar-refractivity contribution in [3.05, 3.63) is 51.6 Å². The van der Waals surface area contributed by atoms with Crippen LogP contribution in [0.2, 0.25) is 5.02 Å². The maximum absolute atomic E-state index is 12.1. The highest BCUT2D eigenvalue weighted by Gasteiger charge is 2.23. The number of carbonyl (C=O) groups is 1. The van der Waals surface area contributed by atoms with Crippen molar-refractivity contribution in [3.8, 4) is 11.3 Å².